The Morgan fingerprint density at radius 3 is 2.78 bits per heavy atom. The zero-order valence-corrected chi connectivity index (χ0v) is 11.8. The third-order valence-corrected chi connectivity index (χ3v) is 4.19. The largest absolute Gasteiger partial charge is 0.481 e. The molecule has 1 heterocycles. The van der Waals surface area contributed by atoms with Gasteiger partial charge in [-0.3, -0.25) is 4.79 Å². The van der Waals surface area contributed by atoms with Crippen molar-refractivity contribution in [2.75, 3.05) is 31.1 Å². The van der Waals surface area contributed by atoms with Gasteiger partial charge < -0.3 is 15.3 Å². The maximum Gasteiger partial charge on any atom is 0.317 e. The number of aliphatic carboxylic acids is 1. The predicted molar refractivity (Wildman–Crippen MR) is 72.9 cm³/mol. The van der Waals surface area contributed by atoms with E-state index < -0.39 is 11.9 Å². The summed E-state index contributed by atoms with van der Waals surface area (Å²) in [4.78, 5) is 24.1. The Labute approximate surface area is 112 Å². The molecule has 1 rings (SSSR count). The highest BCUT2D eigenvalue weighted by atomic mass is 32.2. The van der Waals surface area contributed by atoms with Crippen molar-refractivity contribution in [3.8, 4) is 0 Å². The van der Waals surface area contributed by atoms with E-state index in [1.54, 1.807) is 4.90 Å². The molecule has 0 aromatic heterocycles. The van der Waals surface area contributed by atoms with E-state index in [1.165, 1.54) is 0 Å². The van der Waals surface area contributed by atoms with Crippen LogP contribution in [-0.4, -0.2) is 53.1 Å². The SMILES string of the molecule is CC(C)CSCCNC(=O)N1CCC(C(=O)O)C1. The summed E-state index contributed by atoms with van der Waals surface area (Å²) >= 11 is 1.82. The first-order chi connectivity index (χ1) is 8.50. The molecule has 0 aromatic rings. The molecular weight excluding hydrogens is 252 g/mol. The minimum absolute atomic E-state index is 0.135. The smallest absolute Gasteiger partial charge is 0.317 e. The zero-order valence-electron chi connectivity index (χ0n) is 11.0. The van der Waals surface area contributed by atoms with Crippen LogP contribution in [0.25, 0.3) is 0 Å². The van der Waals surface area contributed by atoms with E-state index in [0.29, 0.717) is 32.0 Å². The van der Waals surface area contributed by atoms with Gasteiger partial charge in [-0.15, -0.1) is 0 Å². The number of nitrogens with zero attached hydrogens (tertiary/aromatic N) is 1. The van der Waals surface area contributed by atoms with Crippen molar-refractivity contribution in [2.45, 2.75) is 20.3 Å². The second-order valence-electron chi connectivity index (χ2n) is 4.97. The lowest BCUT2D eigenvalue weighted by molar-refractivity contribution is -0.141. The summed E-state index contributed by atoms with van der Waals surface area (Å²) in [6.07, 6.45) is 0.560. The van der Waals surface area contributed by atoms with Crippen LogP contribution in [0.2, 0.25) is 0 Å². The maximum absolute atomic E-state index is 11.7. The first-order valence-corrected chi connectivity index (χ1v) is 7.49. The highest BCUT2D eigenvalue weighted by Gasteiger charge is 2.30. The normalized spacial score (nSPS) is 19.3. The summed E-state index contributed by atoms with van der Waals surface area (Å²) in [6, 6.07) is -0.135. The number of hydrogen-bond acceptors (Lipinski definition) is 3. The molecule has 104 valence electrons. The lowest BCUT2D eigenvalue weighted by Gasteiger charge is -2.16. The van der Waals surface area contributed by atoms with Crippen molar-refractivity contribution < 1.29 is 14.7 Å². The van der Waals surface area contributed by atoms with E-state index in [1.807, 2.05) is 11.8 Å². The van der Waals surface area contributed by atoms with Crippen LogP contribution in [0.15, 0.2) is 0 Å². The molecule has 1 aliphatic heterocycles. The van der Waals surface area contributed by atoms with Crippen LogP contribution in [0.1, 0.15) is 20.3 Å². The quantitative estimate of drug-likeness (QED) is 0.720. The number of nitrogens with one attached hydrogen (secondary N) is 1. The number of carboxylic acids is 1. The molecular formula is C12H22N2O3S. The molecule has 1 unspecified atom stereocenters. The first-order valence-electron chi connectivity index (χ1n) is 6.34. The van der Waals surface area contributed by atoms with Crippen LogP contribution in [0.4, 0.5) is 4.79 Å². The number of thioether (sulfide) groups is 1. The Balaban J connectivity index is 2.12. The molecule has 0 radical (unpaired) electrons. The average Bonchev–Trinajstić information content (AvgIpc) is 2.77. The fourth-order valence-corrected chi connectivity index (χ4v) is 2.69. The van der Waals surface area contributed by atoms with Crippen LogP contribution in [0.3, 0.4) is 0 Å². The Morgan fingerprint density at radius 1 is 1.50 bits per heavy atom. The number of carbonyl (C=O) groups excluding carboxylic acids is 1. The summed E-state index contributed by atoms with van der Waals surface area (Å²) < 4.78 is 0. The summed E-state index contributed by atoms with van der Waals surface area (Å²) in [5.41, 5.74) is 0. The van der Waals surface area contributed by atoms with Crippen molar-refractivity contribution in [1.82, 2.24) is 10.2 Å². The van der Waals surface area contributed by atoms with E-state index in [0.717, 1.165) is 11.5 Å². The van der Waals surface area contributed by atoms with E-state index in [-0.39, 0.29) is 6.03 Å². The molecule has 2 amide bonds. The molecule has 0 bridgehead atoms. The number of hydrogen-bond donors (Lipinski definition) is 2. The molecule has 1 aliphatic rings. The number of amides is 2. The van der Waals surface area contributed by atoms with Crippen LogP contribution in [0, 0.1) is 11.8 Å². The van der Waals surface area contributed by atoms with Crippen molar-refractivity contribution in [2.24, 2.45) is 11.8 Å². The molecule has 0 aliphatic carbocycles. The third kappa shape index (κ3) is 5.16. The van der Waals surface area contributed by atoms with Gasteiger partial charge in [-0.1, -0.05) is 13.8 Å². The molecule has 1 atom stereocenters. The van der Waals surface area contributed by atoms with Gasteiger partial charge in [0.25, 0.3) is 0 Å². The molecule has 18 heavy (non-hydrogen) atoms. The molecule has 6 heteroatoms. The van der Waals surface area contributed by atoms with E-state index in [4.69, 9.17) is 5.11 Å². The Morgan fingerprint density at radius 2 is 2.22 bits per heavy atom. The number of carboxylic acid groups (broad SMARTS) is 1. The Bertz CT molecular complexity index is 297. The van der Waals surface area contributed by atoms with Crippen LogP contribution in [-0.2, 0) is 4.79 Å². The Kier molecular flexibility index (Phi) is 6.32. The van der Waals surface area contributed by atoms with Gasteiger partial charge in [0, 0.05) is 25.4 Å². The molecule has 0 aromatic carbocycles. The second-order valence-corrected chi connectivity index (χ2v) is 6.12. The molecule has 0 spiro atoms. The van der Waals surface area contributed by atoms with E-state index in [2.05, 4.69) is 19.2 Å². The van der Waals surface area contributed by atoms with Gasteiger partial charge in [0.2, 0.25) is 0 Å². The monoisotopic (exact) mass is 274 g/mol. The minimum Gasteiger partial charge on any atom is -0.481 e. The number of likely N-dealkylation sites (tertiary alicyclic amines) is 1. The van der Waals surface area contributed by atoms with Crippen LogP contribution < -0.4 is 5.32 Å². The second kappa shape index (κ2) is 7.51. The number of urea groups is 1. The highest BCUT2D eigenvalue weighted by molar-refractivity contribution is 7.99. The van der Waals surface area contributed by atoms with Crippen molar-refractivity contribution in [1.29, 1.82) is 0 Å². The summed E-state index contributed by atoms with van der Waals surface area (Å²) in [5.74, 6) is 1.46. The summed E-state index contributed by atoms with van der Waals surface area (Å²) in [7, 11) is 0. The van der Waals surface area contributed by atoms with Crippen molar-refractivity contribution >= 4 is 23.8 Å². The highest BCUT2D eigenvalue weighted by Crippen LogP contribution is 2.16. The van der Waals surface area contributed by atoms with Crippen molar-refractivity contribution in [3.05, 3.63) is 0 Å². The van der Waals surface area contributed by atoms with E-state index in [9.17, 15) is 9.59 Å². The van der Waals surface area contributed by atoms with Crippen LogP contribution >= 0.6 is 11.8 Å². The van der Waals surface area contributed by atoms with Gasteiger partial charge in [0.1, 0.15) is 0 Å². The molecule has 0 saturated carbocycles. The maximum atomic E-state index is 11.7. The van der Waals surface area contributed by atoms with Crippen LogP contribution in [0.5, 0.6) is 0 Å². The van der Waals surface area contributed by atoms with Gasteiger partial charge in [-0.25, -0.2) is 4.79 Å². The zero-order chi connectivity index (χ0) is 13.5. The minimum atomic E-state index is -0.808. The topological polar surface area (TPSA) is 69.6 Å². The Hall–Kier alpha value is -0.910. The lowest BCUT2D eigenvalue weighted by Crippen LogP contribution is -2.39. The van der Waals surface area contributed by atoms with Gasteiger partial charge in [0.15, 0.2) is 0 Å². The van der Waals surface area contributed by atoms with Gasteiger partial charge in [-0.05, 0) is 18.1 Å². The number of carbonyl (C=O) groups is 2. The van der Waals surface area contributed by atoms with E-state index >= 15 is 0 Å². The van der Waals surface area contributed by atoms with Gasteiger partial charge in [0.05, 0.1) is 5.92 Å². The standard InChI is InChI=1S/C12H22N2O3S/c1-9(2)8-18-6-4-13-12(17)14-5-3-10(7-14)11(15)16/h9-10H,3-8H2,1-2H3,(H,13,17)(H,15,16). The fourth-order valence-electron chi connectivity index (χ4n) is 1.81. The first kappa shape index (κ1) is 15.1. The molecule has 1 fully saturated rings. The lowest BCUT2D eigenvalue weighted by atomic mass is 10.1. The van der Waals surface area contributed by atoms with Crippen molar-refractivity contribution in [3.63, 3.8) is 0 Å². The number of rotatable bonds is 6. The average molecular weight is 274 g/mol. The summed E-state index contributed by atoms with van der Waals surface area (Å²) in [5, 5.41) is 11.7. The predicted octanol–water partition coefficient (Wildman–Crippen LogP) is 1.49. The molecule has 5 nitrogen and oxygen atoms in total. The summed E-state index contributed by atoms with van der Waals surface area (Å²) in [6.45, 7) is 5.86. The molecule has 2 N–H and O–H groups in total. The fraction of sp³-hybridized carbons (Fsp3) is 0.833. The van der Waals surface area contributed by atoms with Gasteiger partial charge >= 0.3 is 12.0 Å². The third-order valence-electron chi connectivity index (χ3n) is 2.80. The molecule has 1 saturated heterocycles. The van der Waals surface area contributed by atoms with Gasteiger partial charge in [-0.2, -0.15) is 11.8 Å².